The summed E-state index contributed by atoms with van der Waals surface area (Å²) in [6.45, 7) is 0.134. The third-order valence-corrected chi connectivity index (χ3v) is 8.06. The van der Waals surface area contributed by atoms with E-state index in [0.29, 0.717) is 12.0 Å². The molecule has 34 heavy (non-hydrogen) atoms. The first-order chi connectivity index (χ1) is 16.3. The molecule has 9 heteroatoms. The summed E-state index contributed by atoms with van der Waals surface area (Å²) in [5, 5.41) is 2.68. The zero-order chi connectivity index (χ0) is 24.0. The highest BCUT2D eigenvalue weighted by Gasteiger charge is 2.40. The molecule has 1 amide bonds. The Labute approximate surface area is 195 Å². The SMILES string of the molecule is O=C1c2ccccc2C(=O)c2c(NC(=O)C3CCCN3S(=O)(=O)c3ccc(F)cc3)cccc21. The summed E-state index contributed by atoms with van der Waals surface area (Å²) in [5.74, 6) is -1.87. The molecule has 1 heterocycles. The first-order valence-electron chi connectivity index (χ1n) is 10.7. The predicted octanol–water partition coefficient (Wildman–Crippen LogP) is 3.39. The number of anilines is 1. The van der Waals surface area contributed by atoms with Gasteiger partial charge < -0.3 is 5.32 Å². The maximum absolute atomic E-state index is 13.3. The van der Waals surface area contributed by atoms with Crippen molar-refractivity contribution >= 4 is 33.2 Å². The molecule has 1 unspecified atom stereocenters. The molecule has 1 fully saturated rings. The van der Waals surface area contributed by atoms with Gasteiger partial charge in [-0.15, -0.1) is 0 Å². The van der Waals surface area contributed by atoms with Crippen molar-refractivity contribution in [2.24, 2.45) is 0 Å². The topological polar surface area (TPSA) is 101 Å². The smallest absolute Gasteiger partial charge is 0.243 e. The number of amides is 1. The second kappa shape index (κ2) is 8.27. The minimum atomic E-state index is -4.03. The number of hydrogen-bond acceptors (Lipinski definition) is 5. The molecule has 172 valence electrons. The van der Waals surface area contributed by atoms with Crippen LogP contribution in [-0.4, -0.2) is 42.8 Å². The Hall–Kier alpha value is -3.69. The zero-order valence-corrected chi connectivity index (χ0v) is 18.6. The Bertz CT molecular complexity index is 1450. The van der Waals surface area contributed by atoms with Gasteiger partial charge in [0.25, 0.3) is 0 Å². The van der Waals surface area contributed by atoms with E-state index in [2.05, 4.69) is 5.32 Å². The van der Waals surface area contributed by atoms with Gasteiger partial charge in [-0.1, -0.05) is 36.4 Å². The first-order valence-corrected chi connectivity index (χ1v) is 12.1. The van der Waals surface area contributed by atoms with E-state index in [4.69, 9.17) is 0 Å². The molecule has 1 N–H and O–H groups in total. The average Bonchev–Trinajstić information content (AvgIpc) is 3.34. The molecule has 1 aliphatic carbocycles. The van der Waals surface area contributed by atoms with Crippen LogP contribution in [0.3, 0.4) is 0 Å². The van der Waals surface area contributed by atoms with Crippen molar-refractivity contribution < 1.29 is 27.2 Å². The number of fused-ring (bicyclic) bond motifs is 2. The van der Waals surface area contributed by atoms with Crippen LogP contribution in [0.15, 0.2) is 71.6 Å². The van der Waals surface area contributed by atoms with Gasteiger partial charge in [-0.3, -0.25) is 14.4 Å². The maximum Gasteiger partial charge on any atom is 0.243 e. The highest BCUT2D eigenvalue weighted by Crippen LogP contribution is 2.33. The van der Waals surface area contributed by atoms with Gasteiger partial charge in [0.05, 0.1) is 16.1 Å². The van der Waals surface area contributed by atoms with Gasteiger partial charge in [0.1, 0.15) is 11.9 Å². The van der Waals surface area contributed by atoms with Gasteiger partial charge >= 0.3 is 0 Å². The van der Waals surface area contributed by atoms with Crippen molar-refractivity contribution in [3.63, 3.8) is 0 Å². The Morgan fingerprint density at radius 2 is 1.53 bits per heavy atom. The number of ketones is 2. The van der Waals surface area contributed by atoms with Crippen molar-refractivity contribution in [2.75, 3.05) is 11.9 Å². The number of hydrogen-bond donors (Lipinski definition) is 1. The predicted molar refractivity (Wildman–Crippen MR) is 122 cm³/mol. The van der Waals surface area contributed by atoms with Gasteiger partial charge in [-0.05, 0) is 43.2 Å². The molecule has 3 aromatic carbocycles. The van der Waals surface area contributed by atoms with E-state index >= 15 is 0 Å². The van der Waals surface area contributed by atoms with E-state index in [1.807, 2.05) is 0 Å². The first kappa shape index (κ1) is 22.1. The Kier molecular flexibility index (Phi) is 5.38. The Morgan fingerprint density at radius 1 is 0.882 bits per heavy atom. The minimum Gasteiger partial charge on any atom is -0.324 e. The monoisotopic (exact) mass is 478 g/mol. The highest BCUT2D eigenvalue weighted by molar-refractivity contribution is 7.89. The number of nitrogens with one attached hydrogen (secondary N) is 1. The lowest BCUT2D eigenvalue weighted by Crippen LogP contribution is -2.43. The largest absolute Gasteiger partial charge is 0.324 e. The van der Waals surface area contributed by atoms with Gasteiger partial charge in [0, 0.05) is 23.2 Å². The Morgan fingerprint density at radius 3 is 2.24 bits per heavy atom. The maximum atomic E-state index is 13.3. The molecular weight excluding hydrogens is 459 g/mol. The van der Waals surface area contributed by atoms with Crippen LogP contribution < -0.4 is 5.32 Å². The van der Waals surface area contributed by atoms with Crippen LogP contribution in [0.4, 0.5) is 10.1 Å². The second-order valence-corrected chi connectivity index (χ2v) is 10.0. The van der Waals surface area contributed by atoms with Crippen LogP contribution >= 0.6 is 0 Å². The normalized spacial score (nSPS) is 17.9. The summed E-state index contributed by atoms with van der Waals surface area (Å²) in [6, 6.07) is 14.5. The van der Waals surface area contributed by atoms with Gasteiger partial charge in [0.15, 0.2) is 11.6 Å². The van der Waals surface area contributed by atoms with E-state index < -0.39 is 27.8 Å². The van der Waals surface area contributed by atoms with Gasteiger partial charge in [0.2, 0.25) is 15.9 Å². The molecule has 3 aromatic rings. The van der Waals surface area contributed by atoms with Crippen LogP contribution in [0.1, 0.15) is 44.7 Å². The van der Waals surface area contributed by atoms with E-state index in [9.17, 15) is 27.2 Å². The van der Waals surface area contributed by atoms with Crippen molar-refractivity contribution in [1.29, 1.82) is 0 Å². The van der Waals surface area contributed by atoms with E-state index in [-0.39, 0.29) is 51.8 Å². The van der Waals surface area contributed by atoms with E-state index in [0.717, 1.165) is 28.6 Å². The third-order valence-electron chi connectivity index (χ3n) is 6.14. The fourth-order valence-electron chi connectivity index (χ4n) is 4.50. The highest BCUT2D eigenvalue weighted by atomic mass is 32.2. The van der Waals surface area contributed by atoms with E-state index in [1.165, 1.54) is 12.1 Å². The second-order valence-electron chi connectivity index (χ2n) is 8.15. The summed E-state index contributed by atoms with van der Waals surface area (Å²) in [4.78, 5) is 39.2. The minimum absolute atomic E-state index is 0.0884. The molecule has 0 spiro atoms. The summed E-state index contributed by atoms with van der Waals surface area (Å²) >= 11 is 0. The van der Waals surface area contributed by atoms with Crippen molar-refractivity contribution in [1.82, 2.24) is 4.31 Å². The fraction of sp³-hybridized carbons (Fsp3) is 0.160. The standard InChI is InChI=1S/C25H19FN2O5S/c26-15-10-12-16(13-11-15)34(32,33)28-14-4-9-21(28)25(31)27-20-8-3-7-19-22(20)24(30)18-6-2-1-5-17(18)23(19)29/h1-3,5-8,10-13,21H,4,9,14H2,(H,27,31). The molecular formula is C25H19FN2O5S. The quantitative estimate of drug-likeness (QED) is 0.485. The molecule has 0 aromatic heterocycles. The zero-order valence-electron chi connectivity index (χ0n) is 17.8. The molecule has 0 radical (unpaired) electrons. The summed E-state index contributed by atoms with van der Waals surface area (Å²) < 4.78 is 40.6. The molecule has 1 aliphatic heterocycles. The number of rotatable bonds is 4. The number of benzene rings is 3. The van der Waals surface area contributed by atoms with Crippen LogP contribution in [-0.2, 0) is 14.8 Å². The lowest BCUT2D eigenvalue weighted by Gasteiger charge is -2.25. The molecule has 0 saturated carbocycles. The molecule has 7 nitrogen and oxygen atoms in total. The lowest BCUT2D eigenvalue weighted by molar-refractivity contribution is -0.119. The van der Waals surface area contributed by atoms with Gasteiger partial charge in [-0.2, -0.15) is 4.31 Å². The molecule has 5 rings (SSSR count). The van der Waals surface area contributed by atoms with Crippen LogP contribution in [0.2, 0.25) is 0 Å². The Balaban J connectivity index is 1.46. The molecule has 1 saturated heterocycles. The van der Waals surface area contributed by atoms with Crippen LogP contribution in [0, 0.1) is 5.82 Å². The third kappa shape index (κ3) is 3.53. The number of carbonyl (C=O) groups excluding carboxylic acids is 3. The van der Waals surface area contributed by atoms with Crippen LogP contribution in [0.5, 0.6) is 0 Å². The number of carbonyl (C=O) groups is 3. The van der Waals surface area contributed by atoms with Gasteiger partial charge in [-0.25, -0.2) is 12.8 Å². The van der Waals surface area contributed by atoms with Crippen LogP contribution in [0.25, 0.3) is 0 Å². The van der Waals surface area contributed by atoms with Crippen molar-refractivity contribution in [2.45, 2.75) is 23.8 Å². The van der Waals surface area contributed by atoms with Crippen molar-refractivity contribution in [3.8, 4) is 0 Å². The molecule has 1 atom stereocenters. The van der Waals surface area contributed by atoms with Crippen molar-refractivity contribution in [3.05, 3.63) is 94.8 Å². The van der Waals surface area contributed by atoms with E-state index in [1.54, 1.807) is 30.3 Å². The molecule has 2 aliphatic rings. The number of sulfonamides is 1. The molecule has 0 bridgehead atoms. The average molecular weight is 479 g/mol. The number of nitrogens with zero attached hydrogens (tertiary/aromatic N) is 1. The summed E-state index contributed by atoms with van der Waals surface area (Å²) in [6.07, 6.45) is 0.757. The summed E-state index contributed by atoms with van der Waals surface area (Å²) in [5.41, 5.74) is 0.981. The number of halogens is 1. The fourth-order valence-corrected chi connectivity index (χ4v) is 6.15. The summed E-state index contributed by atoms with van der Waals surface area (Å²) in [7, 11) is -4.03. The lowest BCUT2D eigenvalue weighted by atomic mass is 9.83.